The Hall–Kier alpha value is -3.32. The fourth-order valence-electron chi connectivity index (χ4n) is 5.26. The molecule has 0 saturated carbocycles. The molecule has 1 unspecified atom stereocenters. The number of rotatable bonds is 7. The number of hydrogen-bond donors (Lipinski definition) is 1. The molecule has 2 aromatic carbocycles. The Labute approximate surface area is 230 Å². The second-order valence-corrected chi connectivity index (χ2v) is 13.5. The summed E-state index contributed by atoms with van der Waals surface area (Å²) < 4.78 is 51.6. The lowest BCUT2D eigenvalue weighted by Crippen LogP contribution is -2.28. The highest BCUT2D eigenvalue weighted by Gasteiger charge is 2.43. The van der Waals surface area contributed by atoms with Crippen molar-refractivity contribution in [3.05, 3.63) is 81.2 Å². The summed E-state index contributed by atoms with van der Waals surface area (Å²) >= 11 is 0. The third-order valence-corrected chi connectivity index (χ3v) is 9.33. The molecular weight excluding hydrogens is 534 g/mol. The smallest absolute Gasteiger partial charge is 0.343 e. The van der Waals surface area contributed by atoms with E-state index >= 15 is 0 Å². The molecule has 0 radical (unpaired) electrons. The van der Waals surface area contributed by atoms with E-state index in [-0.39, 0.29) is 11.2 Å². The number of hydrogen-bond acceptors (Lipinski definition) is 5. The number of benzene rings is 2. The largest absolute Gasteiger partial charge is 0.422 e. The molecule has 1 atom stereocenters. The Morgan fingerprint density at radius 3 is 2.74 bits per heavy atom. The first kappa shape index (κ1) is 27.3. The first-order valence-corrected chi connectivity index (χ1v) is 15.9. The molecule has 3 heterocycles. The maximum Gasteiger partial charge on any atom is 0.343 e. The van der Waals surface area contributed by atoms with E-state index in [1.807, 2.05) is 30.3 Å². The molecule has 5 rings (SSSR count). The van der Waals surface area contributed by atoms with Crippen molar-refractivity contribution in [3.63, 3.8) is 0 Å². The van der Waals surface area contributed by atoms with Gasteiger partial charge in [-0.2, -0.15) is 13.0 Å². The Balaban J connectivity index is 1.52. The van der Waals surface area contributed by atoms with Crippen molar-refractivity contribution < 1.29 is 26.2 Å². The maximum atomic E-state index is 12.9. The van der Waals surface area contributed by atoms with E-state index in [2.05, 4.69) is 36.3 Å². The molecule has 2 aliphatic rings. The van der Waals surface area contributed by atoms with E-state index in [1.165, 1.54) is 0 Å². The van der Waals surface area contributed by atoms with Crippen molar-refractivity contribution in [1.82, 2.24) is 0 Å². The summed E-state index contributed by atoms with van der Waals surface area (Å²) in [5.41, 5.74) is 4.79. The van der Waals surface area contributed by atoms with Gasteiger partial charge in [-0.25, -0.2) is 4.79 Å². The molecular formula is C30H30NO6S2+. The number of unbranched alkanes of at least 4 members (excludes halogenated alkanes) is 1. The molecule has 0 bridgehead atoms. The highest BCUT2D eigenvalue weighted by Crippen LogP contribution is 2.40. The van der Waals surface area contributed by atoms with Crippen LogP contribution >= 0.6 is 0 Å². The predicted octanol–water partition coefficient (Wildman–Crippen LogP) is 4.55. The highest BCUT2D eigenvalue weighted by atomic mass is 32.2. The van der Waals surface area contributed by atoms with Crippen LogP contribution in [0.15, 0.2) is 57.8 Å². The summed E-state index contributed by atoms with van der Waals surface area (Å²) in [5.74, 6) is 6.83. The fraction of sp³-hybridized carbons (Fsp3) is 0.333. The summed E-state index contributed by atoms with van der Waals surface area (Å²) in [6, 6.07) is 13.5. The van der Waals surface area contributed by atoms with Crippen LogP contribution in [0.1, 0.15) is 55.4 Å². The summed E-state index contributed by atoms with van der Waals surface area (Å²) in [7, 11) is -5.00. The van der Waals surface area contributed by atoms with Crippen LogP contribution in [-0.4, -0.2) is 45.5 Å². The third-order valence-electron chi connectivity index (χ3n) is 7.23. The van der Waals surface area contributed by atoms with E-state index in [0.717, 1.165) is 33.5 Å². The lowest BCUT2D eigenvalue weighted by Gasteiger charge is -2.15. The van der Waals surface area contributed by atoms with Gasteiger partial charge in [-0.15, -0.1) is 0 Å². The van der Waals surface area contributed by atoms with Gasteiger partial charge in [0.15, 0.2) is 5.71 Å². The van der Waals surface area contributed by atoms with Gasteiger partial charge in [0, 0.05) is 63.8 Å². The van der Waals surface area contributed by atoms with Crippen LogP contribution in [0.4, 0.5) is 5.69 Å². The van der Waals surface area contributed by atoms with Gasteiger partial charge in [0.05, 0.1) is 16.7 Å². The fourth-order valence-corrected chi connectivity index (χ4v) is 6.88. The van der Waals surface area contributed by atoms with Gasteiger partial charge in [-0.3, -0.25) is 8.76 Å². The van der Waals surface area contributed by atoms with Crippen molar-refractivity contribution in [2.45, 2.75) is 44.3 Å². The summed E-state index contributed by atoms with van der Waals surface area (Å²) in [4.78, 5) is 12.9. The lowest BCUT2D eigenvalue weighted by molar-refractivity contribution is -0.438. The van der Waals surface area contributed by atoms with Crippen LogP contribution in [0.2, 0.25) is 0 Å². The van der Waals surface area contributed by atoms with E-state index in [4.69, 9.17) is 8.97 Å². The van der Waals surface area contributed by atoms with E-state index in [0.29, 0.717) is 48.5 Å². The quantitative estimate of drug-likeness (QED) is 0.148. The molecule has 0 amide bonds. The van der Waals surface area contributed by atoms with Crippen LogP contribution in [0, 0.1) is 11.8 Å². The standard InChI is InChI=1S/C30H29NO6S2/c1-30(2)25-10-3-4-11-26(25)31(14-6-8-16-39(34,35)36)28(30)13-12-22-17-23-18-24-20-38(33)15-7-5-9-21(24)19-27(23)37-29(22)32/h3-4,10-13,17-19H,6-8,14-16,20H2,1-2H3/p+1. The second kappa shape index (κ2) is 10.7. The molecule has 0 aliphatic carbocycles. The maximum absolute atomic E-state index is 12.9. The third kappa shape index (κ3) is 5.83. The molecule has 202 valence electrons. The minimum Gasteiger partial charge on any atom is -0.422 e. The number of nitrogens with zero attached hydrogens (tertiary/aromatic N) is 1. The van der Waals surface area contributed by atoms with Crippen molar-refractivity contribution in [2.24, 2.45) is 0 Å². The molecule has 1 aromatic heterocycles. The predicted molar refractivity (Wildman–Crippen MR) is 155 cm³/mol. The average Bonchev–Trinajstić information content (AvgIpc) is 3.08. The molecule has 39 heavy (non-hydrogen) atoms. The molecule has 9 heteroatoms. The Kier molecular flexibility index (Phi) is 7.47. The van der Waals surface area contributed by atoms with E-state index in [1.54, 1.807) is 18.2 Å². The van der Waals surface area contributed by atoms with Gasteiger partial charge in [0.25, 0.3) is 10.1 Å². The van der Waals surface area contributed by atoms with Crippen LogP contribution in [0.3, 0.4) is 0 Å². The first-order chi connectivity index (χ1) is 18.5. The Morgan fingerprint density at radius 1 is 1.15 bits per heavy atom. The molecule has 0 spiro atoms. The zero-order valence-corrected chi connectivity index (χ0v) is 23.5. The van der Waals surface area contributed by atoms with Crippen molar-refractivity contribution in [1.29, 1.82) is 0 Å². The number of fused-ring (bicyclic) bond motifs is 3. The van der Waals surface area contributed by atoms with Gasteiger partial charge >= 0.3 is 5.63 Å². The minimum atomic E-state index is -4.01. The topological polar surface area (TPSA) is 105 Å². The van der Waals surface area contributed by atoms with E-state index < -0.39 is 26.5 Å². The first-order valence-electron chi connectivity index (χ1n) is 12.9. The average molecular weight is 565 g/mol. The molecule has 3 aromatic rings. The zero-order chi connectivity index (χ0) is 27.8. The van der Waals surface area contributed by atoms with Gasteiger partial charge in [0.1, 0.15) is 12.1 Å². The molecule has 2 aliphatic heterocycles. The summed E-state index contributed by atoms with van der Waals surface area (Å²) in [5, 5.41) is 0.744. The normalized spacial score (nSPS) is 18.4. The van der Waals surface area contributed by atoms with E-state index in [9.17, 15) is 17.4 Å². The van der Waals surface area contributed by atoms with Crippen molar-refractivity contribution in [3.8, 4) is 11.8 Å². The zero-order valence-electron chi connectivity index (χ0n) is 21.9. The Morgan fingerprint density at radius 2 is 1.95 bits per heavy atom. The highest BCUT2D eigenvalue weighted by molar-refractivity contribution is 7.85. The molecule has 0 saturated heterocycles. The van der Waals surface area contributed by atoms with Crippen LogP contribution in [-0.2, 0) is 32.1 Å². The molecule has 7 nitrogen and oxygen atoms in total. The molecule has 0 fully saturated rings. The lowest BCUT2D eigenvalue weighted by atomic mass is 9.81. The Bertz CT molecular complexity index is 1790. The van der Waals surface area contributed by atoms with Gasteiger partial charge in [-0.05, 0) is 50.1 Å². The van der Waals surface area contributed by atoms with Gasteiger partial charge in [0.2, 0.25) is 5.69 Å². The van der Waals surface area contributed by atoms with Crippen molar-refractivity contribution >= 4 is 49.4 Å². The SMILES string of the molecule is CC1(C)C(C=Cc2cc3cc4c(cc3oc2=O)C#CCCS(=O)C4)=[N+](CCCCS(=O)(=O)O)c2ccccc21. The van der Waals surface area contributed by atoms with Crippen LogP contribution in [0.25, 0.3) is 17.0 Å². The van der Waals surface area contributed by atoms with Crippen LogP contribution < -0.4 is 5.63 Å². The monoisotopic (exact) mass is 564 g/mol. The number of allylic oxidation sites excluding steroid dienone is 1. The number of para-hydroxylation sites is 1. The minimum absolute atomic E-state index is 0.280. The molecule has 1 N–H and O–H groups in total. The second-order valence-electron chi connectivity index (χ2n) is 10.4. The van der Waals surface area contributed by atoms with Crippen molar-refractivity contribution in [2.75, 3.05) is 18.1 Å². The summed E-state index contributed by atoms with van der Waals surface area (Å²) in [6.07, 6.45) is 5.16. The van der Waals surface area contributed by atoms with Gasteiger partial charge in [-0.1, -0.05) is 30.0 Å². The summed E-state index contributed by atoms with van der Waals surface area (Å²) in [6.45, 7) is 4.80. The van der Waals surface area contributed by atoms with Gasteiger partial charge < -0.3 is 4.42 Å². The van der Waals surface area contributed by atoms with Crippen LogP contribution in [0.5, 0.6) is 0 Å².